The molecule has 20 heavy (non-hydrogen) atoms. The van der Waals surface area contributed by atoms with Crippen molar-refractivity contribution < 1.29 is 9.47 Å². The monoisotopic (exact) mass is 398 g/mol. The molecule has 2 aromatic rings. The fraction of sp³-hybridized carbons (Fsp3) is 0.375. The molecule has 1 atom stereocenters. The summed E-state index contributed by atoms with van der Waals surface area (Å²) in [5, 5.41) is 3.21. The zero-order valence-corrected chi connectivity index (χ0v) is 14.2. The number of ether oxygens (including phenoxy) is 2. The van der Waals surface area contributed by atoms with Gasteiger partial charge < -0.3 is 9.47 Å². The van der Waals surface area contributed by atoms with Crippen molar-refractivity contribution in [3.05, 3.63) is 40.4 Å². The minimum Gasteiger partial charge on any atom is -0.465 e. The van der Waals surface area contributed by atoms with Crippen LogP contribution in [0.2, 0.25) is 0 Å². The maximum Gasteiger partial charge on any atom is 0.199 e. The van der Waals surface area contributed by atoms with Crippen LogP contribution in [-0.4, -0.2) is 12.9 Å². The van der Waals surface area contributed by atoms with E-state index in [0.717, 1.165) is 35.0 Å². The molecule has 1 aliphatic rings. The average molecular weight is 400 g/mol. The van der Waals surface area contributed by atoms with Gasteiger partial charge in [0.2, 0.25) is 0 Å². The van der Waals surface area contributed by atoms with Crippen LogP contribution in [0.5, 0.6) is 5.75 Å². The first-order valence-corrected chi connectivity index (χ1v) is 8.75. The van der Waals surface area contributed by atoms with Crippen LogP contribution in [0.3, 0.4) is 0 Å². The van der Waals surface area contributed by atoms with Crippen LogP contribution in [0.4, 0.5) is 0 Å². The number of hydrogen-bond donors (Lipinski definition) is 0. The highest BCUT2D eigenvalue weighted by molar-refractivity contribution is 9.10. The van der Waals surface area contributed by atoms with Crippen molar-refractivity contribution in [3.8, 4) is 5.75 Å². The molecule has 1 aliphatic heterocycles. The van der Waals surface area contributed by atoms with Crippen molar-refractivity contribution in [2.45, 2.75) is 30.9 Å². The van der Waals surface area contributed by atoms with E-state index < -0.39 is 0 Å². The van der Waals surface area contributed by atoms with E-state index in [1.165, 1.54) is 22.8 Å². The molecule has 0 aromatic heterocycles. The van der Waals surface area contributed by atoms with Crippen molar-refractivity contribution in [3.63, 3.8) is 0 Å². The zero-order valence-electron chi connectivity index (χ0n) is 11.1. The molecule has 2 aromatic carbocycles. The molecule has 1 saturated heterocycles. The standard InChI is InChI=1S/C16H16Br2O2/c17-10-14-13-6-5-12(18)9-11(13)4-7-15(14)20-16-3-1-2-8-19-16/h4-7,9,16H,1-3,8,10H2. The molecular weight excluding hydrogens is 384 g/mol. The predicted molar refractivity (Wildman–Crippen MR) is 88.5 cm³/mol. The quantitative estimate of drug-likeness (QED) is 0.643. The first-order valence-electron chi connectivity index (χ1n) is 6.83. The lowest BCUT2D eigenvalue weighted by atomic mass is 10.0. The van der Waals surface area contributed by atoms with Gasteiger partial charge in [0.1, 0.15) is 5.75 Å². The molecule has 106 valence electrons. The largest absolute Gasteiger partial charge is 0.465 e. The summed E-state index contributed by atoms with van der Waals surface area (Å²) in [6.07, 6.45) is 3.18. The summed E-state index contributed by atoms with van der Waals surface area (Å²) < 4.78 is 12.8. The van der Waals surface area contributed by atoms with Crippen molar-refractivity contribution in [2.24, 2.45) is 0 Å². The van der Waals surface area contributed by atoms with Crippen LogP contribution in [-0.2, 0) is 10.1 Å². The summed E-state index contributed by atoms with van der Waals surface area (Å²) in [6, 6.07) is 10.5. The van der Waals surface area contributed by atoms with Crippen molar-refractivity contribution in [1.82, 2.24) is 0 Å². The summed E-state index contributed by atoms with van der Waals surface area (Å²) in [7, 11) is 0. The van der Waals surface area contributed by atoms with Gasteiger partial charge in [0.15, 0.2) is 6.29 Å². The molecule has 4 heteroatoms. The Bertz CT molecular complexity index is 607. The van der Waals surface area contributed by atoms with Crippen LogP contribution < -0.4 is 4.74 Å². The first kappa shape index (κ1) is 14.4. The van der Waals surface area contributed by atoms with Gasteiger partial charge in [-0.15, -0.1) is 0 Å². The van der Waals surface area contributed by atoms with Crippen molar-refractivity contribution in [2.75, 3.05) is 6.61 Å². The van der Waals surface area contributed by atoms with Gasteiger partial charge in [0.05, 0.1) is 6.61 Å². The summed E-state index contributed by atoms with van der Waals surface area (Å²) in [5.74, 6) is 0.920. The Labute approximate surface area is 135 Å². The van der Waals surface area contributed by atoms with E-state index in [-0.39, 0.29) is 6.29 Å². The van der Waals surface area contributed by atoms with Crippen molar-refractivity contribution >= 4 is 42.6 Å². The van der Waals surface area contributed by atoms with E-state index >= 15 is 0 Å². The number of halogens is 2. The second-order valence-corrected chi connectivity index (χ2v) is 6.43. The fourth-order valence-corrected chi connectivity index (χ4v) is 3.50. The molecule has 0 radical (unpaired) electrons. The SMILES string of the molecule is BrCc1c(OC2CCCCO2)ccc2cc(Br)ccc12. The average Bonchev–Trinajstić information content (AvgIpc) is 2.48. The van der Waals surface area contributed by atoms with Crippen LogP contribution in [0.15, 0.2) is 34.8 Å². The molecular formula is C16H16Br2O2. The molecule has 0 saturated carbocycles. The van der Waals surface area contributed by atoms with Gasteiger partial charge in [-0.2, -0.15) is 0 Å². The van der Waals surface area contributed by atoms with Crippen LogP contribution in [0.25, 0.3) is 10.8 Å². The Hall–Kier alpha value is -0.580. The van der Waals surface area contributed by atoms with Gasteiger partial charge in [-0.05, 0) is 41.8 Å². The number of benzene rings is 2. The third kappa shape index (κ3) is 3.02. The molecule has 0 aliphatic carbocycles. The molecule has 2 nitrogen and oxygen atoms in total. The van der Waals surface area contributed by atoms with Crippen LogP contribution in [0, 0.1) is 0 Å². The van der Waals surface area contributed by atoms with Gasteiger partial charge in [-0.25, -0.2) is 0 Å². The molecule has 0 spiro atoms. The molecule has 1 unspecified atom stereocenters. The molecule has 1 fully saturated rings. The Morgan fingerprint density at radius 1 is 1.20 bits per heavy atom. The zero-order chi connectivity index (χ0) is 13.9. The Kier molecular flexibility index (Phi) is 4.64. The van der Waals surface area contributed by atoms with Gasteiger partial charge in [0, 0.05) is 21.8 Å². The fourth-order valence-electron chi connectivity index (χ4n) is 2.54. The van der Waals surface area contributed by atoms with E-state index in [0.29, 0.717) is 0 Å². The maximum absolute atomic E-state index is 6.05. The highest BCUT2D eigenvalue weighted by atomic mass is 79.9. The minimum atomic E-state index is -0.102. The smallest absolute Gasteiger partial charge is 0.199 e. The van der Waals surface area contributed by atoms with E-state index in [1.54, 1.807) is 0 Å². The Morgan fingerprint density at radius 3 is 2.85 bits per heavy atom. The third-order valence-electron chi connectivity index (χ3n) is 3.58. The minimum absolute atomic E-state index is 0.102. The molecule has 0 amide bonds. The lowest BCUT2D eigenvalue weighted by molar-refractivity contribution is -0.106. The lowest BCUT2D eigenvalue weighted by Crippen LogP contribution is -2.25. The van der Waals surface area contributed by atoms with E-state index in [1.807, 2.05) is 6.07 Å². The summed E-state index contributed by atoms with van der Waals surface area (Å²) in [4.78, 5) is 0. The Morgan fingerprint density at radius 2 is 2.10 bits per heavy atom. The van der Waals surface area contributed by atoms with E-state index in [2.05, 4.69) is 56.1 Å². The van der Waals surface area contributed by atoms with Crippen molar-refractivity contribution in [1.29, 1.82) is 0 Å². The van der Waals surface area contributed by atoms with Gasteiger partial charge in [-0.3, -0.25) is 0 Å². The second kappa shape index (κ2) is 6.46. The highest BCUT2D eigenvalue weighted by Crippen LogP contribution is 2.33. The molecule has 3 rings (SSSR count). The maximum atomic E-state index is 6.05. The lowest BCUT2D eigenvalue weighted by Gasteiger charge is -2.25. The van der Waals surface area contributed by atoms with Gasteiger partial charge >= 0.3 is 0 Å². The summed E-state index contributed by atoms with van der Waals surface area (Å²) >= 11 is 7.09. The Balaban J connectivity index is 1.95. The van der Waals surface area contributed by atoms with E-state index in [4.69, 9.17) is 9.47 Å². The number of rotatable bonds is 3. The highest BCUT2D eigenvalue weighted by Gasteiger charge is 2.17. The normalized spacial score (nSPS) is 19.2. The summed E-state index contributed by atoms with van der Waals surface area (Å²) in [6.45, 7) is 0.800. The molecule has 0 bridgehead atoms. The number of fused-ring (bicyclic) bond motifs is 1. The molecule has 0 N–H and O–H groups in total. The first-order chi connectivity index (χ1) is 9.78. The number of hydrogen-bond acceptors (Lipinski definition) is 2. The number of alkyl halides is 1. The summed E-state index contributed by atoms with van der Waals surface area (Å²) in [5.41, 5.74) is 1.18. The topological polar surface area (TPSA) is 18.5 Å². The molecule has 1 heterocycles. The van der Waals surface area contributed by atoms with Crippen LogP contribution in [0.1, 0.15) is 24.8 Å². The third-order valence-corrected chi connectivity index (χ3v) is 4.63. The van der Waals surface area contributed by atoms with E-state index in [9.17, 15) is 0 Å². The van der Waals surface area contributed by atoms with Crippen LogP contribution >= 0.6 is 31.9 Å². The van der Waals surface area contributed by atoms with Gasteiger partial charge in [-0.1, -0.05) is 44.0 Å². The van der Waals surface area contributed by atoms with Gasteiger partial charge in [0.25, 0.3) is 0 Å². The second-order valence-electron chi connectivity index (χ2n) is 4.96. The predicted octanol–water partition coefficient (Wildman–Crippen LogP) is 5.40.